The highest BCUT2D eigenvalue weighted by molar-refractivity contribution is 5.82. The molecular weight excluding hydrogens is 194 g/mol. The lowest BCUT2D eigenvalue weighted by Gasteiger charge is -2.45. The molecule has 0 heterocycles. The van der Waals surface area contributed by atoms with Crippen molar-refractivity contribution in [1.29, 1.82) is 0 Å². The van der Waals surface area contributed by atoms with Crippen LogP contribution in [0.15, 0.2) is 0 Å². The molecule has 0 radical (unpaired) electrons. The fraction of sp³-hybridized carbons (Fsp3) is 0.909. The van der Waals surface area contributed by atoms with Gasteiger partial charge in [-0.15, -0.1) is 0 Å². The second kappa shape index (κ2) is 4.10. The van der Waals surface area contributed by atoms with Crippen LogP contribution in [0.5, 0.6) is 0 Å². The predicted octanol–water partition coefficient (Wildman–Crippen LogP) is 0.849. The number of hydrogen-bond donors (Lipinski definition) is 1. The van der Waals surface area contributed by atoms with Crippen LogP contribution in [-0.4, -0.2) is 37.4 Å². The van der Waals surface area contributed by atoms with Crippen LogP contribution in [0.25, 0.3) is 0 Å². The highest BCUT2D eigenvalue weighted by Crippen LogP contribution is 2.38. The van der Waals surface area contributed by atoms with Crippen molar-refractivity contribution in [2.24, 2.45) is 0 Å². The van der Waals surface area contributed by atoms with Crippen molar-refractivity contribution in [3.8, 4) is 0 Å². The Bertz CT molecular complexity index is 244. The smallest absolute Gasteiger partial charge is 0.326 e. The Morgan fingerprint density at radius 1 is 1.47 bits per heavy atom. The number of methoxy groups -OCH3 is 1. The van der Waals surface area contributed by atoms with E-state index in [2.05, 4.69) is 5.32 Å². The van der Waals surface area contributed by atoms with Gasteiger partial charge >= 0.3 is 5.97 Å². The second-order valence-electron chi connectivity index (χ2n) is 4.49. The summed E-state index contributed by atoms with van der Waals surface area (Å²) in [5.74, 6) is -0.106. The molecule has 0 saturated heterocycles. The lowest BCUT2D eigenvalue weighted by Crippen LogP contribution is -2.64. The molecule has 0 aliphatic heterocycles. The molecule has 4 heteroatoms. The highest BCUT2D eigenvalue weighted by Gasteiger charge is 2.53. The number of ether oxygens (including phenoxy) is 2. The molecule has 2 aliphatic rings. The third-order valence-electron chi connectivity index (χ3n) is 3.21. The summed E-state index contributed by atoms with van der Waals surface area (Å²) in [4.78, 5) is 11.8. The maximum atomic E-state index is 11.8. The monoisotopic (exact) mass is 213 g/mol. The summed E-state index contributed by atoms with van der Waals surface area (Å²) in [7, 11) is 1.69. The molecule has 2 fully saturated rings. The molecule has 0 spiro atoms. The van der Waals surface area contributed by atoms with Crippen molar-refractivity contribution in [1.82, 2.24) is 5.32 Å². The molecule has 15 heavy (non-hydrogen) atoms. The van der Waals surface area contributed by atoms with Gasteiger partial charge in [0.1, 0.15) is 5.54 Å². The molecule has 0 amide bonds. The minimum Gasteiger partial charge on any atom is -0.465 e. The van der Waals surface area contributed by atoms with E-state index in [-0.39, 0.29) is 12.1 Å². The summed E-state index contributed by atoms with van der Waals surface area (Å²) in [5.41, 5.74) is -0.447. The lowest BCUT2D eigenvalue weighted by atomic mass is 9.74. The first-order chi connectivity index (χ1) is 7.20. The van der Waals surface area contributed by atoms with E-state index in [0.29, 0.717) is 12.6 Å². The molecule has 2 rings (SSSR count). The summed E-state index contributed by atoms with van der Waals surface area (Å²) >= 11 is 0. The van der Waals surface area contributed by atoms with Crippen LogP contribution in [0.3, 0.4) is 0 Å². The largest absolute Gasteiger partial charge is 0.465 e. The van der Waals surface area contributed by atoms with Crippen molar-refractivity contribution in [2.75, 3.05) is 13.7 Å². The Morgan fingerprint density at radius 2 is 2.13 bits per heavy atom. The van der Waals surface area contributed by atoms with Crippen molar-refractivity contribution in [2.45, 2.75) is 50.3 Å². The first kappa shape index (κ1) is 10.9. The van der Waals surface area contributed by atoms with Crippen LogP contribution in [0.1, 0.15) is 32.6 Å². The number of esters is 1. The minimum atomic E-state index is -0.447. The third-order valence-corrected chi connectivity index (χ3v) is 3.21. The van der Waals surface area contributed by atoms with Crippen LogP contribution in [0.4, 0.5) is 0 Å². The zero-order valence-corrected chi connectivity index (χ0v) is 9.41. The maximum Gasteiger partial charge on any atom is 0.326 e. The van der Waals surface area contributed by atoms with Crippen molar-refractivity contribution >= 4 is 5.97 Å². The van der Waals surface area contributed by atoms with Gasteiger partial charge in [0.2, 0.25) is 0 Å². The topological polar surface area (TPSA) is 47.6 Å². The zero-order chi connectivity index (χ0) is 10.9. The molecule has 2 aliphatic carbocycles. The number of carbonyl (C=O) groups is 1. The molecule has 1 N–H and O–H groups in total. The number of carbonyl (C=O) groups excluding carboxylic acids is 1. The number of hydrogen-bond acceptors (Lipinski definition) is 4. The molecule has 86 valence electrons. The average Bonchev–Trinajstić information content (AvgIpc) is 2.94. The Hall–Kier alpha value is -0.610. The van der Waals surface area contributed by atoms with Gasteiger partial charge in [0.15, 0.2) is 0 Å². The molecule has 0 atom stereocenters. The summed E-state index contributed by atoms with van der Waals surface area (Å²) < 4.78 is 10.3. The third kappa shape index (κ3) is 2.16. The van der Waals surface area contributed by atoms with Crippen LogP contribution in [-0.2, 0) is 14.3 Å². The minimum absolute atomic E-state index is 0.106. The van der Waals surface area contributed by atoms with Crippen LogP contribution in [0, 0.1) is 0 Å². The first-order valence-electron chi connectivity index (χ1n) is 5.68. The normalized spacial score (nSPS) is 34.7. The van der Waals surface area contributed by atoms with Gasteiger partial charge in [0, 0.05) is 26.0 Å². The number of rotatable bonds is 5. The maximum absolute atomic E-state index is 11.8. The van der Waals surface area contributed by atoms with Gasteiger partial charge < -0.3 is 9.47 Å². The van der Waals surface area contributed by atoms with Gasteiger partial charge in [0.05, 0.1) is 12.7 Å². The van der Waals surface area contributed by atoms with Gasteiger partial charge in [-0.3, -0.25) is 10.1 Å². The Balaban J connectivity index is 1.93. The Kier molecular flexibility index (Phi) is 2.98. The van der Waals surface area contributed by atoms with E-state index in [9.17, 15) is 4.79 Å². The van der Waals surface area contributed by atoms with E-state index in [1.165, 1.54) is 12.8 Å². The molecule has 0 bridgehead atoms. The zero-order valence-electron chi connectivity index (χ0n) is 9.41. The molecule has 0 aromatic heterocycles. The van der Waals surface area contributed by atoms with E-state index in [1.807, 2.05) is 6.92 Å². The van der Waals surface area contributed by atoms with E-state index in [4.69, 9.17) is 9.47 Å². The standard InChI is InChI=1S/C11H19NO3/c1-3-15-10(13)11(12-8-4-5-8)6-9(7-11)14-2/h8-9,12H,3-7H2,1-2H3. The van der Waals surface area contributed by atoms with E-state index in [1.54, 1.807) is 7.11 Å². The highest BCUT2D eigenvalue weighted by atomic mass is 16.5. The van der Waals surface area contributed by atoms with Gasteiger partial charge in [-0.1, -0.05) is 0 Å². The van der Waals surface area contributed by atoms with Crippen molar-refractivity contribution in [3.05, 3.63) is 0 Å². The molecule has 0 aromatic rings. The van der Waals surface area contributed by atoms with Crippen molar-refractivity contribution < 1.29 is 14.3 Å². The van der Waals surface area contributed by atoms with E-state index in [0.717, 1.165) is 12.8 Å². The van der Waals surface area contributed by atoms with Crippen LogP contribution < -0.4 is 5.32 Å². The predicted molar refractivity (Wildman–Crippen MR) is 55.6 cm³/mol. The first-order valence-corrected chi connectivity index (χ1v) is 5.68. The lowest BCUT2D eigenvalue weighted by molar-refractivity contribution is -0.162. The average molecular weight is 213 g/mol. The summed E-state index contributed by atoms with van der Waals surface area (Å²) in [6.45, 7) is 2.29. The van der Waals surface area contributed by atoms with Gasteiger partial charge in [-0.2, -0.15) is 0 Å². The SMILES string of the molecule is CCOC(=O)C1(NC2CC2)CC(OC)C1. The number of nitrogens with one attached hydrogen (secondary N) is 1. The van der Waals surface area contributed by atoms with Crippen LogP contribution >= 0.6 is 0 Å². The Labute approximate surface area is 90.3 Å². The Morgan fingerprint density at radius 3 is 2.60 bits per heavy atom. The molecular formula is C11H19NO3. The summed E-state index contributed by atoms with van der Waals surface area (Å²) in [6.07, 6.45) is 4.07. The van der Waals surface area contributed by atoms with Crippen LogP contribution in [0.2, 0.25) is 0 Å². The second-order valence-corrected chi connectivity index (χ2v) is 4.49. The van der Waals surface area contributed by atoms with Gasteiger partial charge in [-0.05, 0) is 19.8 Å². The summed E-state index contributed by atoms with van der Waals surface area (Å²) in [6, 6.07) is 0.521. The fourth-order valence-electron chi connectivity index (χ4n) is 2.12. The van der Waals surface area contributed by atoms with E-state index < -0.39 is 5.54 Å². The van der Waals surface area contributed by atoms with Crippen molar-refractivity contribution in [3.63, 3.8) is 0 Å². The van der Waals surface area contributed by atoms with Gasteiger partial charge in [-0.25, -0.2) is 0 Å². The molecule has 0 aromatic carbocycles. The molecule has 0 unspecified atom stereocenters. The van der Waals surface area contributed by atoms with Gasteiger partial charge in [0.25, 0.3) is 0 Å². The van der Waals surface area contributed by atoms with E-state index >= 15 is 0 Å². The molecule has 4 nitrogen and oxygen atoms in total. The fourth-order valence-corrected chi connectivity index (χ4v) is 2.12. The summed E-state index contributed by atoms with van der Waals surface area (Å²) in [5, 5.41) is 3.40. The molecule has 2 saturated carbocycles. The quantitative estimate of drug-likeness (QED) is 0.688.